The Morgan fingerprint density at radius 3 is 2.96 bits per heavy atom. The van der Waals surface area contributed by atoms with E-state index in [4.69, 9.17) is 9.97 Å². The molecule has 26 heavy (non-hydrogen) atoms. The molecule has 132 valence electrons. The van der Waals surface area contributed by atoms with Crippen LogP contribution in [0.25, 0.3) is 11.4 Å². The lowest BCUT2D eigenvalue weighted by atomic mass is 10.0. The Bertz CT molecular complexity index is 892. The Kier molecular flexibility index (Phi) is 3.84. The molecular weight excluding hydrogens is 326 g/mol. The van der Waals surface area contributed by atoms with Gasteiger partial charge < -0.3 is 4.90 Å². The summed E-state index contributed by atoms with van der Waals surface area (Å²) < 4.78 is 0. The molecule has 0 spiro atoms. The van der Waals surface area contributed by atoms with E-state index in [1.165, 1.54) is 24.1 Å². The first-order valence-corrected chi connectivity index (χ1v) is 9.32. The van der Waals surface area contributed by atoms with Crippen LogP contribution in [0.1, 0.15) is 48.8 Å². The van der Waals surface area contributed by atoms with Crippen molar-refractivity contribution in [3.05, 3.63) is 47.9 Å². The molecule has 0 bridgehead atoms. The number of nitrogens with zero attached hydrogens (tertiary/aromatic N) is 6. The molecule has 4 heterocycles. The minimum absolute atomic E-state index is 0.201. The molecule has 0 saturated carbocycles. The van der Waals surface area contributed by atoms with Gasteiger partial charge in [0.25, 0.3) is 0 Å². The molecule has 1 aliphatic heterocycles. The van der Waals surface area contributed by atoms with E-state index in [1.54, 1.807) is 12.5 Å². The number of pyridine rings is 1. The summed E-state index contributed by atoms with van der Waals surface area (Å²) in [4.78, 5) is 20.9. The first-order chi connectivity index (χ1) is 12.9. The van der Waals surface area contributed by atoms with E-state index >= 15 is 0 Å². The number of aromatic nitrogens is 6. The van der Waals surface area contributed by atoms with Gasteiger partial charge in [0.15, 0.2) is 5.82 Å². The normalized spacial score (nSPS) is 19.5. The lowest BCUT2D eigenvalue weighted by Gasteiger charge is -2.36. The lowest BCUT2D eigenvalue weighted by Crippen LogP contribution is -2.35. The lowest BCUT2D eigenvalue weighted by molar-refractivity contribution is 0.453. The monoisotopic (exact) mass is 347 g/mol. The fraction of sp³-hybridized carbons (Fsp3) is 0.421. The van der Waals surface area contributed by atoms with Gasteiger partial charge in [-0.1, -0.05) is 0 Å². The summed E-state index contributed by atoms with van der Waals surface area (Å²) in [5.41, 5.74) is 3.47. The van der Waals surface area contributed by atoms with Crippen LogP contribution in [0.2, 0.25) is 0 Å². The van der Waals surface area contributed by atoms with Gasteiger partial charge in [-0.25, -0.2) is 15.0 Å². The van der Waals surface area contributed by atoms with Crippen LogP contribution in [0.3, 0.4) is 0 Å². The summed E-state index contributed by atoms with van der Waals surface area (Å²) in [7, 11) is 0. The van der Waals surface area contributed by atoms with Crippen LogP contribution >= 0.6 is 0 Å². The van der Waals surface area contributed by atoms with E-state index in [0.717, 1.165) is 55.3 Å². The van der Waals surface area contributed by atoms with Crippen molar-refractivity contribution in [2.75, 3.05) is 11.4 Å². The first-order valence-electron chi connectivity index (χ1n) is 9.32. The van der Waals surface area contributed by atoms with Crippen LogP contribution in [-0.2, 0) is 12.8 Å². The van der Waals surface area contributed by atoms with Crippen molar-refractivity contribution in [2.45, 2.75) is 44.6 Å². The van der Waals surface area contributed by atoms with Gasteiger partial charge in [0.05, 0.1) is 6.04 Å². The molecule has 1 N–H and O–H groups in total. The van der Waals surface area contributed by atoms with Gasteiger partial charge in [0, 0.05) is 35.8 Å². The van der Waals surface area contributed by atoms with Gasteiger partial charge in [-0.3, -0.25) is 10.1 Å². The van der Waals surface area contributed by atoms with Crippen LogP contribution in [0.15, 0.2) is 30.9 Å². The molecule has 1 saturated heterocycles. The minimum Gasteiger partial charge on any atom is -0.346 e. The van der Waals surface area contributed by atoms with Crippen molar-refractivity contribution in [1.82, 2.24) is 30.1 Å². The standard InChI is InChI=1S/C19H21N7/c1-2-10-26(16(8-1)18-21-12-22-25-18)19-14-6-3-7-15(14)23-17(24-19)13-5-4-9-20-11-13/h4-5,9,11-12,16H,1-3,6-8,10H2,(H,21,22,25). The number of hydrogen-bond acceptors (Lipinski definition) is 6. The van der Waals surface area contributed by atoms with Gasteiger partial charge in [0.2, 0.25) is 0 Å². The van der Waals surface area contributed by atoms with Crippen molar-refractivity contribution < 1.29 is 0 Å². The van der Waals surface area contributed by atoms with Crippen LogP contribution in [-0.4, -0.2) is 36.7 Å². The topological polar surface area (TPSA) is 83.5 Å². The zero-order valence-electron chi connectivity index (χ0n) is 14.6. The summed E-state index contributed by atoms with van der Waals surface area (Å²) in [6.07, 6.45) is 11.9. The Balaban J connectivity index is 1.62. The largest absolute Gasteiger partial charge is 0.346 e. The third-order valence-electron chi connectivity index (χ3n) is 5.36. The summed E-state index contributed by atoms with van der Waals surface area (Å²) in [6, 6.07) is 4.16. The van der Waals surface area contributed by atoms with E-state index in [9.17, 15) is 0 Å². The highest BCUT2D eigenvalue weighted by Crippen LogP contribution is 2.38. The average molecular weight is 347 g/mol. The van der Waals surface area contributed by atoms with Crippen LogP contribution in [0.4, 0.5) is 5.82 Å². The number of piperidine rings is 1. The number of aryl methyl sites for hydroxylation is 1. The second-order valence-corrected chi connectivity index (χ2v) is 6.97. The van der Waals surface area contributed by atoms with Crippen molar-refractivity contribution in [3.63, 3.8) is 0 Å². The number of nitrogens with one attached hydrogen (secondary N) is 1. The first kappa shape index (κ1) is 15.4. The van der Waals surface area contributed by atoms with E-state index < -0.39 is 0 Å². The molecule has 7 nitrogen and oxygen atoms in total. The number of aromatic amines is 1. The maximum Gasteiger partial charge on any atom is 0.163 e. The Morgan fingerprint density at radius 1 is 1.12 bits per heavy atom. The van der Waals surface area contributed by atoms with Gasteiger partial charge >= 0.3 is 0 Å². The third kappa shape index (κ3) is 2.64. The second-order valence-electron chi connectivity index (χ2n) is 6.97. The number of fused-ring (bicyclic) bond motifs is 1. The third-order valence-corrected chi connectivity index (χ3v) is 5.36. The molecule has 5 rings (SSSR count). The van der Waals surface area contributed by atoms with E-state index in [0.29, 0.717) is 0 Å². The molecule has 1 unspecified atom stereocenters. The molecule has 3 aromatic rings. The van der Waals surface area contributed by atoms with Crippen LogP contribution < -0.4 is 4.90 Å². The second kappa shape index (κ2) is 6.48. The number of anilines is 1. The van der Waals surface area contributed by atoms with Gasteiger partial charge in [0.1, 0.15) is 18.0 Å². The Morgan fingerprint density at radius 2 is 2.12 bits per heavy atom. The van der Waals surface area contributed by atoms with E-state index in [1.807, 2.05) is 18.3 Å². The Labute approximate surface area is 151 Å². The summed E-state index contributed by atoms with van der Waals surface area (Å²) >= 11 is 0. The SMILES string of the molecule is c1cncc(-c2nc3c(c(N4CCCCC4c4ncn[nH]4)n2)CCC3)c1. The molecule has 0 aromatic carbocycles. The minimum atomic E-state index is 0.201. The number of rotatable bonds is 3. The molecule has 0 radical (unpaired) electrons. The fourth-order valence-corrected chi connectivity index (χ4v) is 4.12. The quantitative estimate of drug-likeness (QED) is 0.784. The smallest absolute Gasteiger partial charge is 0.163 e. The number of H-pyrrole nitrogens is 1. The predicted octanol–water partition coefficient (Wildman–Crippen LogP) is 2.88. The van der Waals surface area contributed by atoms with Gasteiger partial charge in [-0.05, 0) is 50.7 Å². The highest BCUT2D eigenvalue weighted by atomic mass is 15.3. The highest BCUT2D eigenvalue weighted by molar-refractivity contribution is 5.61. The average Bonchev–Trinajstić information content (AvgIpc) is 3.40. The summed E-state index contributed by atoms with van der Waals surface area (Å²) in [6.45, 7) is 0.987. The number of hydrogen-bond donors (Lipinski definition) is 1. The molecule has 1 aliphatic carbocycles. The van der Waals surface area contributed by atoms with Crippen LogP contribution in [0, 0.1) is 0 Å². The van der Waals surface area contributed by atoms with Crippen molar-refractivity contribution in [3.8, 4) is 11.4 Å². The fourth-order valence-electron chi connectivity index (χ4n) is 4.12. The van der Waals surface area contributed by atoms with E-state index in [2.05, 4.69) is 25.1 Å². The van der Waals surface area contributed by atoms with Crippen LogP contribution in [0.5, 0.6) is 0 Å². The predicted molar refractivity (Wildman–Crippen MR) is 97.6 cm³/mol. The maximum absolute atomic E-state index is 5.01. The van der Waals surface area contributed by atoms with Crippen molar-refractivity contribution >= 4 is 5.82 Å². The Hall–Kier alpha value is -2.83. The summed E-state index contributed by atoms with van der Waals surface area (Å²) in [5.74, 6) is 2.78. The molecule has 1 atom stereocenters. The van der Waals surface area contributed by atoms with E-state index in [-0.39, 0.29) is 6.04 Å². The zero-order valence-corrected chi connectivity index (χ0v) is 14.6. The summed E-state index contributed by atoms with van der Waals surface area (Å²) in [5, 5.41) is 7.12. The molecule has 1 fully saturated rings. The molecule has 3 aromatic heterocycles. The molecule has 0 amide bonds. The molecule has 2 aliphatic rings. The molecule has 7 heteroatoms. The zero-order chi connectivity index (χ0) is 17.3. The maximum atomic E-state index is 5.01. The van der Waals surface area contributed by atoms with Crippen molar-refractivity contribution in [1.29, 1.82) is 0 Å². The van der Waals surface area contributed by atoms with Gasteiger partial charge in [-0.2, -0.15) is 5.10 Å². The van der Waals surface area contributed by atoms with Crippen molar-refractivity contribution in [2.24, 2.45) is 0 Å². The molecular formula is C19H21N7. The highest BCUT2D eigenvalue weighted by Gasteiger charge is 2.31. The van der Waals surface area contributed by atoms with Gasteiger partial charge in [-0.15, -0.1) is 0 Å².